The van der Waals surface area contributed by atoms with Gasteiger partial charge in [0.15, 0.2) is 9.84 Å². The van der Waals surface area contributed by atoms with Crippen LogP contribution in [0.4, 0.5) is 4.79 Å². The second-order valence-electron chi connectivity index (χ2n) is 6.47. The quantitative estimate of drug-likeness (QED) is 0.841. The molecule has 5 nitrogen and oxygen atoms in total. The van der Waals surface area contributed by atoms with Crippen molar-refractivity contribution >= 4 is 27.5 Å². The van der Waals surface area contributed by atoms with E-state index in [0.717, 1.165) is 18.4 Å². The van der Waals surface area contributed by atoms with E-state index < -0.39 is 14.6 Å². The summed E-state index contributed by atoms with van der Waals surface area (Å²) < 4.78 is 23.0. The number of carbonyl (C=O) groups is 1. The van der Waals surface area contributed by atoms with Crippen LogP contribution in [0, 0.1) is 0 Å². The number of sulfone groups is 1. The number of hydrogen-bond donors (Lipinski definition) is 1. The van der Waals surface area contributed by atoms with Gasteiger partial charge in [-0.05, 0) is 44.4 Å². The van der Waals surface area contributed by atoms with E-state index in [-0.39, 0.29) is 24.9 Å². The van der Waals surface area contributed by atoms with Gasteiger partial charge in [-0.2, -0.15) is 0 Å². The van der Waals surface area contributed by atoms with E-state index in [2.05, 4.69) is 5.32 Å². The lowest BCUT2D eigenvalue weighted by Crippen LogP contribution is -2.56. The summed E-state index contributed by atoms with van der Waals surface area (Å²) in [4.78, 5) is 13.7. The van der Waals surface area contributed by atoms with Crippen LogP contribution < -0.4 is 5.32 Å². The van der Waals surface area contributed by atoms with E-state index >= 15 is 0 Å². The van der Waals surface area contributed by atoms with Gasteiger partial charge in [0.05, 0.1) is 10.5 Å². The standard InChI is InChI=1S/C16H23ClN2O3S/c1-16(2)12-19(9-10-23(16,21)22)15(20)18-8-4-6-13-5-3-7-14(17)11-13/h3,5,7,11H,4,6,8-10,12H2,1-2H3,(H,18,20). The zero-order valence-corrected chi connectivity index (χ0v) is 15.1. The molecule has 0 radical (unpaired) electrons. The maximum Gasteiger partial charge on any atom is 0.317 e. The summed E-state index contributed by atoms with van der Waals surface area (Å²) in [6, 6.07) is 7.47. The summed E-state index contributed by atoms with van der Waals surface area (Å²) in [7, 11) is -3.13. The van der Waals surface area contributed by atoms with Crippen molar-refractivity contribution in [1.29, 1.82) is 0 Å². The molecule has 0 unspecified atom stereocenters. The van der Waals surface area contributed by atoms with Crippen LogP contribution in [-0.2, 0) is 16.3 Å². The van der Waals surface area contributed by atoms with E-state index in [9.17, 15) is 13.2 Å². The Hall–Kier alpha value is -1.27. The molecule has 1 saturated heterocycles. The molecule has 1 aliphatic heterocycles. The molecule has 1 aromatic carbocycles. The van der Waals surface area contributed by atoms with Crippen LogP contribution in [0.5, 0.6) is 0 Å². The maximum absolute atomic E-state index is 12.2. The van der Waals surface area contributed by atoms with Crippen LogP contribution >= 0.6 is 11.6 Å². The van der Waals surface area contributed by atoms with Crippen molar-refractivity contribution in [3.8, 4) is 0 Å². The van der Waals surface area contributed by atoms with Crippen molar-refractivity contribution in [3.05, 3.63) is 34.9 Å². The molecular weight excluding hydrogens is 336 g/mol. The Balaban J connectivity index is 1.77. The van der Waals surface area contributed by atoms with E-state index in [1.807, 2.05) is 24.3 Å². The molecule has 2 amide bonds. The van der Waals surface area contributed by atoms with Crippen LogP contribution in [-0.4, -0.2) is 49.5 Å². The Kier molecular flexibility index (Phi) is 5.57. The van der Waals surface area contributed by atoms with Crippen molar-refractivity contribution < 1.29 is 13.2 Å². The van der Waals surface area contributed by atoms with Crippen molar-refractivity contribution in [3.63, 3.8) is 0 Å². The molecule has 7 heteroatoms. The Labute approximate surface area is 142 Å². The number of rotatable bonds is 4. The first kappa shape index (κ1) is 18.1. The summed E-state index contributed by atoms with van der Waals surface area (Å²) >= 11 is 5.93. The molecule has 0 aliphatic carbocycles. The van der Waals surface area contributed by atoms with E-state index in [4.69, 9.17) is 11.6 Å². The zero-order valence-electron chi connectivity index (χ0n) is 13.5. The van der Waals surface area contributed by atoms with Gasteiger partial charge in [-0.1, -0.05) is 23.7 Å². The number of amides is 2. The second-order valence-corrected chi connectivity index (χ2v) is 9.64. The van der Waals surface area contributed by atoms with E-state index in [0.29, 0.717) is 11.6 Å². The highest BCUT2D eigenvalue weighted by Crippen LogP contribution is 2.23. The minimum Gasteiger partial charge on any atom is -0.338 e. The first-order valence-electron chi connectivity index (χ1n) is 7.71. The summed E-state index contributed by atoms with van der Waals surface area (Å²) in [5, 5.41) is 3.57. The highest BCUT2D eigenvalue weighted by molar-refractivity contribution is 7.92. The number of nitrogens with one attached hydrogen (secondary N) is 1. The van der Waals surface area contributed by atoms with Gasteiger partial charge in [0, 0.05) is 24.7 Å². The molecule has 1 N–H and O–H groups in total. The van der Waals surface area contributed by atoms with E-state index in [1.54, 1.807) is 18.7 Å². The van der Waals surface area contributed by atoms with Gasteiger partial charge >= 0.3 is 6.03 Å². The molecule has 0 atom stereocenters. The predicted molar refractivity (Wildman–Crippen MR) is 92.6 cm³/mol. The highest BCUT2D eigenvalue weighted by Gasteiger charge is 2.41. The number of urea groups is 1. The van der Waals surface area contributed by atoms with Crippen molar-refractivity contribution in [2.45, 2.75) is 31.4 Å². The molecule has 1 aromatic rings. The zero-order chi connectivity index (χ0) is 17.1. The fraction of sp³-hybridized carbons (Fsp3) is 0.562. The lowest BCUT2D eigenvalue weighted by Gasteiger charge is -2.37. The first-order chi connectivity index (χ1) is 10.7. The lowest BCUT2D eigenvalue weighted by molar-refractivity contribution is 0.192. The molecular formula is C16H23ClN2O3S. The molecule has 0 saturated carbocycles. The molecule has 0 spiro atoms. The van der Waals surface area contributed by atoms with Gasteiger partial charge in [-0.3, -0.25) is 0 Å². The van der Waals surface area contributed by atoms with Crippen LogP contribution in [0.15, 0.2) is 24.3 Å². The predicted octanol–water partition coefficient (Wildman–Crippen LogP) is 2.49. The van der Waals surface area contributed by atoms with Gasteiger partial charge in [0.25, 0.3) is 0 Å². The molecule has 2 rings (SSSR count). The summed E-state index contributed by atoms with van der Waals surface area (Å²) in [6.45, 7) is 4.37. The van der Waals surface area contributed by atoms with Gasteiger partial charge in [-0.15, -0.1) is 0 Å². The van der Waals surface area contributed by atoms with Crippen LogP contribution in [0.2, 0.25) is 5.02 Å². The number of hydrogen-bond acceptors (Lipinski definition) is 3. The number of benzene rings is 1. The molecule has 1 aliphatic rings. The monoisotopic (exact) mass is 358 g/mol. The van der Waals surface area contributed by atoms with E-state index in [1.165, 1.54) is 0 Å². The summed E-state index contributed by atoms with van der Waals surface area (Å²) in [5.74, 6) is 0.0237. The molecule has 1 heterocycles. The van der Waals surface area contributed by atoms with Gasteiger partial charge in [0.1, 0.15) is 0 Å². The summed E-state index contributed by atoms with van der Waals surface area (Å²) in [6.07, 6.45) is 1.64. The average Bonchev–Trinajstić information content (AvgIpc) is 2.46. The van der Waals surface area contributed by atoms with Crippen LogP contribution in [0.25, 0.3) is 0 Å². The van der Waals surface area contributed by atoms with Crippen molar-refractivity contribution in [2.24, 2.45) is 0 Å². The number of halogens is 1. The Bertz CT molecular complexity index is 674. The molecule has 128 valence electrons. The second kappa shape index (κ2) is 7.09. The Morgan fingerprint density at radius 3 is 2.78 bits per heavy atom. The topological polar surface area (TPSA) is 66.5 Å². The third kappa shape index (κ3) is 4.61. The molecule has 0 aromatic heterocycles. The number of aryl methyl sites for hydroxylation is 1. The smallest absolute Gasteiger partial charge is 0.317 e. The minimum absolute atomic E-state index is 0.0237. The number of nitrogens with zero attached hydrogens (tertiary/aromatic N) is 1. The lowest BCUT2D eigenvalue weighted by atomic mass is 10.1. The summed E-state index contributed by atoms with van der Waals surface area (Å²) in [5.41, 5.74) is 1.14. The van der Waals surface area contributed by atoms with Crippen molar-refractivity contribution in [2.75, 3.05) is 25.4 Å². The normalized spacial score (nSPS) is 19.3. The average molecular weight is 359 g/mol. The molecule has 0 bridgehead atoms. The van der Waals surface area contributed by atoms with Gasteiger partial charge in [-0.25, -0.2) is 13.2 Å². The molecule has 23 heavy (non-hydrogen) atoms. The highest BCUT2D eigenvalue weighted by atomic mass is 35.5. The minimum atomic E-state index is -3.13. The first-order valence-corrected chi connectivity index (χ1v) is 9.74. The maximum atomic E-state index is 12.2. The van der Waals surface area contributed by atoms with Gasteiger partial charge in [0.2, 0.25) is 0 Å². The number of carbonyl (C=O) groups excluding carboxylic acids is 1. The third-order valence-corrected chi connectivity index (χ3v) is 6.91. The Morgan fingerprint density at radius 2 is 2.13 bits per heavy atom. The third-order valence-electron chi connectivity index (χ3n) is 4.14. The van der Waals surface area contributed by atoms with Gasteiger partial charge < -0.3 is 10.2 Å². The van der Waals surface area contributed by atoms with Crippen molar-refractivity contribution in [1.82, 2.24) is 10.2 Å². The van der Waals surface area contributed by atoms with Crippen LogP contribution in [0.3, 0.4) is 0 Å². The SMILES string of the molecule is CC1(C)CN(C(=O)NCCCc2cccc(Cl)c2)CCS1(=O)=O. The molecule has 1 fully saturated rings. The van der Waals surface area contributed by atoms with Crippen LogP contribution in [0.1, 0.15) is 25.8 Å². The largest absolute Gasteiger partial charge is 0.338 e. The fourth-order valence-corrected chi connectivity index (χ4v) is 4.19. The fourth-order valence-electron chi connectivity index (χ4n) is 2.61. The Morgan fingerprint density at radius 1 is 1.39 bits per heavy atom.